The molecule has 0 saturated heterocycles. The van der Waals surface area contributed by atoms with Crippen LogP contribution in [-0.2, 0) is 0 Å². The molecule has 0 amide bonds. The van der Waals surface area contributed by atoms with Crippen molar-refractivity contribution in [2.75, 3.05) is 27.2 Å². The molecule has 5 atom stereocenters. The van der Waals surface area contributed by atoms with Gasteiger partial charge < -0.3 is 19.8 Å². The molecule has 2 aliphatic carbocycles. The minimum atomic E-state index is -0.209. The van der Waals surface area contributed by atoms with Gasteiger partial charge in [0.1, 0.15) is 18.1 Å². The lowest BCUT2D eigenvalue weighted by Gasteiger charge is -2.47. The number of fused-ring (bicyclic) bond motifs is 1. The van der Waals surface area contributed by atoms with Crippen LogP contribution in [0.5, 0.6) is 11.5 Å². The van der Waals surface area contributed by atoms with E-state index in [0.29, 0.717) is 30.1 Å². The molecule has 4 heteroatoms. The number of aromatic hydroxyl groups is 1. The third-order valence-electron chi connectivity index (χ3n) is 7.60. The Hall–Kier alpha value is -2.04. The van der Waals surface area contributed by atoms with E-state index >= 15 is 0 Å². The first-order chi connectivity index (χ1) is 14.4. The molecule has 4 rings (SSSR count). The molecule has 0 unspecified atom stereocenters. The molecule has 0 spiro atoms. The lowest BCUT2D eigenvalue weighted by Crippen LogP contribution is -2.40. The summed E-state index contributed by atoms with van der Waals surface area (Å²) in [5, 5.41) is 20.5. The molecule has 2 fully saturated rings. The number of nitrogens with zero attached hydrogens (tertiary/aromatic N) is 1. The van der Waals surface area contributed by atoms with E-state index in [1.54, 1.807) is 12.1 Å². The topological polar surface area (TPSA) is 52.9 Å². The van der Waals surface area contributed by atoms with E-state index in [4.69, 9.17) is 4.74 Å². The van der Waals surface area contributed by atoms with Gasteiger partial charge in [-0.3, -0.25) is 0 Å². The Kier molecular flexibility index (Phi) is 6.08. The van der Waals surface area contributed by atoms with E-state index in [9.17, 15) is 10.2 Å². The van der Waals surface area contributed by atoms with Gasteiger partial charge in [-0.1, -0.05) is 31.2 Å². The molecule has 4 nitrogen and oxygen atoms in total. The number of ether oxygens (including phenoxy) is 1. The van der Waals surface area contributed by atoms with Gasteiger partial charge in [-0.05, 0) is 98.3 Å². The van der Waals surface area contributed by atoms with Crippen molar-refractivity contribution in [3.8, 4) is 11.5 Å². The molecule has 2 aromatic rings. The maximum atomic E-state index is 10.8. The van der Waals surface area contributed by atoms with Crippen LogP contribution < -0.4 is 4.74 Å². The van der Waals surface area contributed by atoms with E-state index in [0.717, 1.165) is 38.0 Å². The summed E-state index contributed by atoms with van der Waals surface area (Å²) < 4.78 is 5.88. The normalized spacial score (nSPS) is 31.0. The van der Waals surface area contributed by atoms with Crippen LogP contribution in [0.15, 0.2) is 48.5 Å². The van der Waals surface area contributed by atoms with Gasteiger partial charge in [-0.25, -0.2) is 0 Å². The molecule has 0 radical (unpaired) electrons. The summed E-state index contributed by atoms with van der Waals surface area (Å²) in [5.74, 6) is 2.51. The van der Waals surface area contributed by atoms with Gasteiger partial charge in [0.25, 0.3) is 0 Å². The second kappa shape index (κ2) is 8.60. The molecule has 2 aliphatic rings. The molecule has 0 bridgehead atoms. The zero-order chi connectivity index (χ0) is 21.3. The molecule has 0 aromatic heterocycles. The number of rotatable bonds is 6. The summed E-state index contributed by atoms with van der Waals surface area (Å²) in [5.41, 5.74) is 2.58. The standard InChI is InChI=1S/C26H35NO3/c1-26-17-24(19-6-11-22(12-7-19)30-15-14-27(2)3)23(16-20(26)8-13-25(26)29)18-4-9-21(28)10-5-18/h4-7,9-12,20,23-25,28-29H,8,13-17H2,1-3H3/t20-,23-,24+,25-,26-/m0/s1. The molecule has 0 aliphatic heterocycles. The number of hydrogen-bond donors (Lipinski definition) is 2. The fraction of sp³-hybridized carbons (Fsp3) is 0.538. The first-order valence-electron chi connectivity index (χ1n) is 11.2. The van der Waals surface area contributed by atoms with Crippen LogP contribution in [0.1, 0.15) is 55.6 Å². The van der Waals surface area contributed by atoms with Crippen molar-refractivity contribution in [1.29, 1.82) is 0 Å². The zero-order valence-electron chi connectivity index (χ0n) is 18.4. The summed E-state index contributed by atoms with van der Waals surface area (Å²) >= 11 is 0. The molecule has 2 N–H and O–H groups in total. The highest BCUT2D eigenvalue weighted by Gasteiger charge is 2.52. The van der Waals surface area contributed by atoms with Gasteiger partial charge >= 0.3 is 0 Å². The maximum Gasteiger partial charge on any atom is 0.119 e. The quantitative estimate of drug-likeness (QED) is 0.722. The van der Waals surface area contributed by atoms with Crippen LogP contribution in [0.3, 0.4) is 0 Å². The Morgan fingerprint density at radius 3 is 2.27 bits per heavy atom. The molecule has 30 heavy (non-hydrogen) atoms. The number of aliphatic hydroxyl groups excluding tert-OH is 1. The minimum Gasteiger partial charge on any atom is -0.508 e. The molecule has 2 aromatic carbocycles. The van der Waals surface area contributed by atoms with Gasteiger partial charge in [0, 0.05) is 6.54 Å². The van der Waals surface area contributed by atoms with Crippen molar-refractivity contribution in [2.45, 2.75) is 50.5 Å². The van der Waals surface area contributed by atoms with E-state index in [-0.39, 0.29) is 11.5 Å². The highest BCUT2D eigenvalue weighted by Crippen LogP contribution is 2.60. The molecular formula is C26H35NO3. The van der Waals surface area contributed by atoms with Crippen LogP contribution in [-0.4, -0.2) is 48.5 Å². The third-order valence-corrected chi connectivity index (χ3v) is 7.60. The fourth-order valence-corrected chi connectivity index (χ4v) is 5.66. The minimum absolute atomic E-state index is 0.0149. The summed E-state index contributed by atoms with van der Waals surface area (Å²) in [6.07, 6.45) is 3.89. The van der Waals surface area contributed by atoms with Crippen LogP contribution in [0.25, 0.3) is 0 Å². The number of aliphatic hydroxyl groups is 1. The van der Waals surface area contributed by atoms with Gasteiger partial charge in [0.05, 0.1) is 6.10 Å². The summed E-state index contributed by atoms with van der Waals surface area (Å²) in [7, 11) is 4.09. The zero-order valence-corrected chi connectivity index (χ0v) is 18.4. The Labute approximate surface area is 180 Å². The van der Waals surface area contributed by atoms with Crippen LogP contribution in [0.4, 0.5) is 0 Å². The first kappa shape index (κ1) is 21.2. The molecular weight excluding hydrogens is 374 g/mol. The Balaban J connectivity index is 1.59. The second-order valence-electron chi connectivity index (χ2n) is 9.76. The van der Waals surface area contributed by atoms with Crippen LogP contribution in [0, 0.1) is 11.3 Å². The van der Waals surface area contributed by atoms with E-state index in [2.05, 4.69) is 48.2 Å². The fourth-order valence-electron chi connectivity index (χ4n) is 5.66. The number of phenols is 1. The number of benzene rings is 2. The Morgan fingerprint density at radius 1 is 0.967 bits per heavy atom. The molecule has 2 saturated carbocycles. The summed E-state index contributed by atoms with van der Waals surface area (Å²) in [6, 6.07) is 16.3. The maximum absolute atomic E-state index is 10.8. The van der Waals surface area contributed by atoms with E-state index in [1.807, 2.05) is 14.1 Å². The lowest BCUT2D eigenvalue weighted by atomic mass is 9.58. The van der Waals surface area contributed by atoms with Crippen molar-refractivity contribution >= 4 is 0 Å². The average molecular weight is 410 g/mol. The average Bonchev–Trinajstić information content (AvgIpc) is 3.02. The van der Waals surface area contributed by atoms with Crippen LogP contribution >= 0.6 is 0 Å². The van der Waals surface area contributed by atoms with Gasteiger partial charge in [0.2, 0.25) is 0 Å². The number of likely N-dealkylation sites (N-methyl/N-ethyl adjacent to an activating group) is 1. The summed E-state index contributed by atoms with van der Waals surface area (Å²) in [4.78, 5) is 2.11. The smallest absolute Gasteiger partial charge is 0.119 e. The SMILES string of the molecule is CN(C)CCOc1ccc([C@H]2C[C@@]3(C)[C@@H](CC[C@@H]3O)C[C@H]2c2ccc(O)cc2)cc1. The van der Waals surface area contributed by atoms with Gasteiger partial charge in [0.15, 0.2) is 0 Å². The highest BCUT2D eigenvalue weighted by molar-refractivity contribution is 5.36. The number of hydrogen-bond acceptors (Lipinski definition) is 4. The highest BCUT2D eigenvalue weighted by atomic mass is 16.5. The van der Waals surface area contributed by atoms with Crippen molar-refractivity contribution < 1.29 is 14.9 Å². The van der Waals surface area contributed by atoms with Crippen molar-refractivity contribution in [3.63, 3.8) is 0 Å². The Bertz CT molecular complexity index is 832. The van der Waals surface area contributed by atoms with E-state index in [1.165, 1.54) is 11.1 Å². The van der Waals surface area contributed by atoms with Crippen molar-refractivity contribution in [2.24, 2.45) is 11.3 Å². The molecule has 0 heterocycles. The van der Waals surface area contributed by atoms with Gasteiger partial charge in [-0.15, -0.1) is 0 Å². The lowest BCUT2D eigenvalue weighted by molar-refractivity contribution is 0.000544. The van der Waals surface area contributed by atoms with E-state index < -0.39 is 0 Å². The van der Waals surface area contributed by atoms with Crippen molar-refractivity contribution in [1.82, 2.24) is 4.90 Å². The van der Waals surface area contributed by atoms with Crippen molar-refractivity contribution in [3.05, 3.63) is 59.7 Å². The summed E-state index contributed by atoms with van der Waals surface area (Å²) in [6.45, 7) is 3.86. The Morgan fingerprint density at radius 2 is 1.60 bits per heavy atom. The second-order valence-corrected chi connectivity index (χ2v) is 9.76. The largest absolute Gasteiger partial charge is 0.508 e. The number of phenolic OH excluding ortho intramolecular Hbond substituents is 1. The predicted molar refractivity (Wildman–Crippen MR) is 120 cm³/mol. The van der Waals surface area contributed by atoms with Gasteiger partial charge in [-0.2, -0.15) is 0 Å². The third kappa shape index (κ3) is 4.21. The predicted octanol–water partition coefficient (Wildman–Crippen LogP) is 4.77. The monoisotopic (exact) mass is 409 g/mol. The molecule has 162 valence electrons. The van der Waals surface area contributed by atoms with Crippen LogP contribution in [0.2, 0.25) is 0 Å². The first-order valence-corrected chi connectivity index (χ1v) is 11.2.